The number of rotatable bonds is 6. The van der Waals surface area contributed by atoms with Crippen LogP contribution < -0.4 is 10.1 Å². The molecule has 2 aromatic heterocycles. The molecule has 1 aliphatic rings. The van der Waals surface area contributed by atoms with Crippen molar-refractivity contribution in [1.82, 2.24) is 25.0 Å². The number of aliphatic imine (C=N–C) groups is 1. The highest BCUT2D eigenvalue weighted by Crippen LogP contribution is 2.21. The molecule has 8 nitrogen and oxygen atoms in total. The second kappa shape index (κ2) is 9.19. The van der Waals surface area contributed by atoms with E-state index in [4.69, 9.17) is 14.5 Å². The molecule has 0 bridgehead atoms. The fraction of sp³-hybridized carbons (Fsp3) is 0.500. The molecule has 26 heavy (non-hydrogen) atoms. The molecule has 0 spiro atoms. The molecule has 1 N–H and O–H groups in total. The van der Waals surface area contributed by atoms with Crippen LogP contribution >= 0.6 is 0 Å². The van der Waals surface area contributed by atoms with Crippen molar-refractivity contribution >= 4 is 5.96 Å². The number of nitrogens with one attached hydrogen (secondary N) is 1. The van der Waals surface area contributed by atoms with E-state index in [0.717, 1.165) is 36.9 Å². The molecule has 3 heterocycles. The molecule has 140 valence electrons. The summed E-state index contributed by atoms with van der Waals surface area (Å²) in [5.41, 5.74) is 1.09. The van der Waals surface area contributed by atoms with Crippen LogP contribution in [-0.2, 0) is 11.8 Å². The maximum absolute atomic E-state index is 5.91. The van der Waals surface area contributed by atoms with E-state index < -0.39 is 0 Å². The third-order valence-corrected chi connectivity index (χ3v) is 4.05. The Kier molecular flexibility index (Phi) is 6.43. The fourth-order valence-corrected chi connectivity index (χ4v) is 2.82. The summed E-state index contributed by atoms with van der Waals surface area (Å²) >= 11 is 0. The van der Waals surface area contributed by atoms with Crippen LogP contribution in [0.4, 0.5) is 0 Å². The second-order valence-electron chi connectivity index (χ2n) is 6.03. The fourth-order valence-electron chi connectivity index (χ4n) is 2.82. The van der Waals surface area contributed by atoms with Gasteiger partial charge in [0.25, 0.3) is 0 Å². The summed E-state index contributed by atoms with van der Waals surface area (Å²) in [5, 5.41) is 7.60. The van der Waals surface area contributed by atoms with Crippen LogP contribution in [0.5, 0.6) is 5.75 Å². The number of aromatic nitrogens is 3. The van der Waals surface area contributed by atoms with Gasteiger partial charge < -0.3 is 19.7 Å². The van der Waals surface area contributed by atoms with Crippen molar-refractivity contribution in [3.63, 3.8) is 0 Å². The van der Waals surface area contributed by atoms with Crippen molar-refractivity contribution in [2.24, 2.45) is 12.0 Å². The van der Waals surface area contributed by atoms with Gasteiger partial charge in [-0.3, -0.25) is 9.67 Å². The van der Waals surface area contributed by atoms with Crippen LogP contribution in [0.15, 0.2) is 41.9 Å². The first-order chi connectivity index (χ1) is 12.8. The first-order valence-corrected chi connectivity index (χ1v) is 8.92. The maximum atomic E-state index is 5.91. The van der Waals surface area contributed by atoms with Gasteiger partial charge in [0.2, 0.25) is 0 Å². The summed E-state index contributed by atoms with van der Waals surface area (Å²) in [6.45, 7) is 6.20. The average molecular weight is 358 g/mol. The Labute approximate surface area is 153 Å². The molecule has 0 aromatic carbocycles. The van der Waals surface area contributed by atoms with E-state index in [1.165, 1.54) is 0 Å². The molecular weight excluding hydrogens is 332 g/mol. The number of morpholine rings is 1. The largest absolute Gasteiger partial charge is 0.490 e. The molecule has 8 heteroatoms. The number of pyridine rings is 1. The van der Waals surface area contributed by atoms with Gasteiger partial charge in [0.1, 0.15) is 18.5 Å². The zero-order chi connectivity index (χ0) is 18.2. The van der Waals surface area contributed by atoms with Gasteiger partial charge in [-0.2, -0.15) is 5.10 Å². The number of nitrogens with zero attached hydrogens (tertiary/aromatic N) is 5. The standard InChI is InChI=1S/C18H26N6O2/c1-3-20-18(21-7-9-25-16-5-4-6-19-12-16)24-8-10-26-17(14-24)15-11-22-23(2)13-15/h4-6,11-13,17H,3,7-10,14H2,1-2H3,(H,20,21). The summed E-state index contributed by atoms with van der Waals surface area (Å²) in [5.74, 6) is 1.65. The Morgan fingerprint density at radius 2 is 2.38 bits per heavy atom. The predicted octanol–water partition coefficient (Wildman–Crippen LogP) is 1.23. The molecule has 0 radical (unpaired) electrons. The van der Waals surface area contributed by atoms with Crippen molar-refractivity contribution in [2.45, 2.75) is 13.0 Å². The van der Waals surface area contributed by atoms with Gasteiger partial charge in [-0.15, -0.1) is 0 Å². The number of ether oxygens (including phenoxy) is 2. The maximum Gasteiger partial charge on any atom is 0.194 e. The van der Waals surface area contributed by atoms with Crippen LogP contribution in [-0.4, -0.2) is 65.0 Å². The molecule has 0 amide bonds. The number of guanidine groups is 1. The van der Waals surface area contributed by atoms with Gasteiger partial charge in [0.15, 0.2) is 5.96 Å². The molecular formula is C18H26N6O2. The molecule has 1 fully saturated rings. The highest BCUT2D eigenvalue weighted by Gasteiger charge is 2.25. The molecule has 1 atom stereocenters. The topological polar surface area (TPSA) is 76.8 Å². The van der Waals surface area contributed by atoms with Gasteiger partial charge in [0, 0.05) is 38.1 Å². The van der Waals surface area contributed by atoms with Crippen molar-refractivity contribution in [1.29, 1.82) is 0 Å². The number of hydrogen-bond acceptors (Lipinski definition) is 5. The van der Waals surface area contributed by atoms with Crippen LogP contribution in [0.25, 0.3) is 0 Å². The Balaban J connectivity index is 1.57. The Bertz CT molecular complexity index is 703. The van der Waals surface area contributed by atoms with Gasteiger partial charge >= 0.3 is 0 Å². The summed E-state index contributed by atoms with van der Waals surface area (Å²) in [7, 11) is 1.91. The third-order valence-electron chi connectivity index (χ3n) is 4.05. The van der Waals surface area contributed by atoms with E-state index in [1.54, 1.807) is 17.1 Å². The molecule has 0 saturated carbocycles. The van der Waals surface area contributed by atoms with Crippen LogP contribution in [0.1, 0.15) is 18.6 Å². The van der Waals surface area contributed by atoms with Gasteiger partial charge in [-0.25, -0.2) is 4.99 Å². The molecule has 2 aromatic rings. The SMILES string of the molecule is CCNC(=NCCOc1cccnc1)N1CCOC(c2cnn(C)c2)C1. The summed E-state index contributed by atoms with van der Waals surface area (Å²) < 4.78 is 13.4. The van der Waals surface area contributed by atoms with Crippen LogP contribution in [0, 0.1) is 0 Å². The van der Waals surface area contributed by atoms with E-state index in [2.05, 4.69) is 27.2 Å². The summed E-state index contributed by atoms with van der Waals surface area (Å²) in [6, 6.07) is 3.75. The normalized spacial score (nSPS) is 18.0. The van der Waals surface area contributed by atoms with Crippen molar-refractivity contribution < 1.29 is 9.47 Å². The zero-order valence-corrected chi connectivity index (χ0v) is 15.3. The van der Waals surface area contributed by atoms with E-state index in [-0.39, 0.29) is 6.10 Å². The zero-order valence-electron chi connectivity index (χ0n) is 15.3. The Morgan fingerprint density at radius 3 is 3.12 bits per heavy atom. The van der Waals surface area contributed by atoms with Gasteiger partial charge in [-0.05, 0) is 19.1 Å². The summed E-state index contributed by atoms with van der Waals surface area (Å²) in [4.78, 5) is 11.0. The molecule has 3 rings (SSSR count). The smallest absolute Gasteiger partial charge is 0.194 e. The lowest BCUT2D eigenvalue weighted by atomic mass is 10.1. The molecule has 1 aliphatic heterocycles. The van der Waals surface area contributed by atoms with E-state index >= 15 is 0 Å². The van der Waals surface area contributed by atoms with E-state index in [1.807, 2.05) is 31.6 Å². The lowest BCUT2D eigenvalue weighted by molar-refractivity contribution is -0.00805. The van der Waals surface area contributed by atoms with E-state index in [9.17, 15) is 0 Å². The van der Waals surface area contributed by atoms with Crippen LogP contribution in [0.3, 0.4) is 0 Å². The van der Waals surface area contributed by atoms with Gasteiger partial charge in [0.05, 0.1) is 32.1 Å². The van der Waals surface area contributed by atoms with Crippen molar-refractivity contribution in [3.05, 3.63) is 42.5 Å². The van der Waals surface area contributed by atoms with Crippen molar-refractivity contribution in [3.8, 4) is 5.75 Å². The molecule has 0 aliphatic carbocycles. The minimum absolute atomic E-state index is 0.00736. The van der Waals surface area contributed by atoms with Crippen molar-refractivity contribution in [2.75, 3.05) is 39.4 Å². The van der Waals surface area contributed by atoms with Gasteiger partial charge in [-0.1, -0.05) is 0 Å². The lowest BCUT2D eigenvalue weighted by Crippen LogP contribution is -2.48. The molecule has 1 unspecified atom stereocenters. The Morgan fingerprint density at radius 1 is 1.46 bits per heavy atom. The third kappa shape index (κ3) is 4.95. The monoisotopic (exact) mass is 358 g/mol. The first kappa shape index (κ1) is 18.2. The quantitative estimate of drug-likeness (QED) is 0.476. The highest BCUT2D eigenvalue weighted by atomic mass is 16.5. The minimum atomic E-state index is 0.00736. The number of aryl methyl sites for hydroxylation is 1. The number of hydrogen-bond donors (Lipinski definition) is 1. The van der Waals surface area contributed by atoms with E-state index in [0.29, 0.717) is 19.8 Å². The molecule has 1 saturated heterocycles. The van der Waals surface area contributed by atoms with Crippen LogP contribution in [0.2, 0.25) is 0 Å². The second-order valence-corrected chi connectivity index (χ2v) is 6.03. The lowest BCUT2D eigenvalue weighted by Gasteiger charge is -2.34. The highest BCUT2D eigenvalue weighted by molar-refractivity contribution is 5.80. The average Bonchev–Trinajstić information content (AvgIpc) is 3.12. The summed E-state index contributed by atoms with van der Waals surface area (Å²) in [6.07, 6.45) is 7.30. The predicted molar refractivity (Wildman–Crippen MR) is 99.2 cm³/mol. The first-order valence-electron chi connectivity index (χ1n) is 8.92. The minimum Gasteiger partial charge on any atom is -0.490 e. The Hall–Kier alpha value is -2.61.